The third-order valence-electron chi connectivity index (χ3n) is 5.72. The minimum atomic E-state index is -4.08. The number of benzene rings is 3. The normalized spacial score (nSPS) is 15.8. The van der Waals surface area contributed by atoms with E-state index in [-0.39, 0.29) is 32.2 Å². The monoisotopic (exact) mass is 486 g/mol. The Morgan fingerprint density at radius 1 is 1.00 bits per heavy atom. The smallest absolute Gasteiger partial charge is 0.326 e. The zero-order valence-electron chi connectivity index (χ0n) is 18.6. The van der Waals surface area contributed by atoms with Gasteiger partial charge in [0, 0.05) is 5.70 Å². The van der Waals surface area contributed by atoms with Crippen LogP contribution in [0.15, 0.2) is 93.9 Å². The molecule has 0 radical (unpaired) electrons. The average Bonchev–Trinajstić information content (AvgIpc) is 2.88. The summed E-state index contributed by atoms with van der Waals surface area (Å²) in [4.78, 5) is 14.3. The lowest BCUT2D eigenvalue weighted by molar-refractivity contribution is 0.243. The number of anilines is 1. The second-order valence-corrected chi connectivity index (χ2v) is 9.73. The highest BCUT2D eigenvalue weighted by Crippen LogP contribution is 2.37. The molecule has 35 heavy (non-hydrogen) atoms. The molecule has 7 nitrogen and oxygen atoms in total. The van der Waals surface area contributed by atoms with Gasteiger partial charge in [0.2, 0.25) is 9.84 Å². The first-order chi connectivity index (χ1) is 16.8. The van der Waals surface area contributed by atoms with Crippen molar-refractivity contribution in [2.75, 3.05) is 4.90 Å². The number of alkyl halides is 1. The highest BCUT2D eigenvalue weighted by Gasteiger charge is 2.36. The lowest BCUT2D eigenvalue weighted by Crippen LogP contribution is -2.46. The summed E-state index contributed by atoms with van der Waals surface area (Å²) in [6.07, 6.45) is 0. The molecule has 174 valence electrons. The van der Waals surface area contributed by atoms with Crippen LogP contribution in [-0.2, 0) is 16.5 Å². The zero-order chi connectivity index (χ0) is 25.2. The van der Waals surface area contributed by atoms with E-state index >= 15 is 0 Å². The maximum Gasteiger partial charge on any atom is 0.327 e. The maximum absolute atomic E-state index is 13.5. The fourth-order valence-corrected chi connectivity index (χ4v) is 5.56. The van der Waals surface area contributed by atoms with Gasteiger partial charge in [-0.05, 0) is 54.4 Å². The van der Waals surface area contributed by atoms with Crippen LogP contribution >= 0.6 is 0 Å². The highest BCUT2D eigenvalue weighted by molar-refractivity contribution is 7.91. The quantitative estimate of drug-likeness (QED) is 0.549. The Balaban J connectivity index is 1.90. The van der Waals surface area contributed by atoms with Gasteiger partial charge in [-0.15, -0.1) is 0 Å². The van der Waals surface area contributed by atoms with Crippen molar-refractivity contribution in [2.24, 2.45) is 0 Å². The first-order valence-corrected chi connectivity index (χ1v) is 12.0. The SMILES string of the molecule is CC1=C(C#N)C(c2ccc(C#N)cc2S(=O)(=O)c2ccccc2)NC(=O)N1c1cccc(CF)c1. The number of sulfone groups is 1. The van der Waals surface area contributed by atoms with Gasteiger partial charge < -0.3 is 5.32 Å². The van der Waals surface area contributed by atoms with E-state index in [0.29, 0.717) is 11.3 Å². The number of nitrogens with zero attached hydrogens (tertiary/aromatic N) is 3. The number of carbonyl (C=O) groups is 1. The van der Waals surface area contributed by atoms with Crippen LogP contribution in [0.1, 0.15) is 29.7 Å². The van der Waals surface area contributed by atoms with Gasteiger partial charge >= 0.3 is 6.03 Å². The molecule has 0 fully saturated rings. The number of urea groups is 1. The molecule has 0 bridgehead atoms. The van der Waals surface area contributed by atoms with Crippen molar-refractivity contribution < 1.29 is 17.6 Å². The van der Waals surface area contributed by atoms with Crippen molar-refractivity contribution in [1.82, 2.24) is 5.32 Å². The molecular formula is C26H19FN4O3S. The van der Waals surface area contributed by atoms with Crippen molar-refractivity contribution in [3.63, 3.8) is 0 Å². The van der Waals surface area contributed by atoms with Crippen molar-refractivity contribution >= 4 is 21.6 Å². The van der Waals surface area contributed by atoms with Crippen molar-refractivity contribution in [3.05, 3.63) is 101 Å². The molecule has 0 spiro atoms. The molecule has 3 aromatic rings. The number of amides is 2. The molecule has 1 atom stereocenters. The van der Waals surface area contributed by atoms with Crippen LogP contribution in [0.3, 0.4) is 0 Å². The lowest BCUT2D eigenvalue weighted by Gasteiger charge is -2.34. The van der Waals surface area contributed by atoms with E-state index in [0.717, 1.165) is 0 Å². The highest BCUT2D eigenvalue weighted by atomic mass is 32.2. The minimum Gasteiger partial charge on any atom is -0.326 e. The summed E-state index contributed by atoms with van der Waals surface area (Å²) in [5, 5.41) is 22.1. The summed E-state index contributed by atoms with van der Waals surface area (Å²) in [7, 11) is -4.08. The Morgan fingerprint density at radius 2 is 1.74 bits per heavy atom. The molecule has 2 amide bonds. The Kier molecular flexibility index (Phi) is 6.37. The van der Waals surface area contributed by atoms with Gasteiger partial charge in [-0.3, -0.25) is 4.90 Å². The number of hydrogen-bond donors (Lipinski definition) is 1. The third kappa shape index (κ3) is 4.25. The van der Waals surface area contributed by atoms with Gasteiger partial charge in [0.05, 0.1) is 44.8 Å². The lowest BCUT2D eigenvalue weighted by atomic mass is 9.94. The third-order valence-corrected chi connectivity index (χ3v) is 7.55. The number of carbonyl (C=O) groups excluding carboxylic acids is 1. The van der Waals surface area contributed by atoms with E-state index in [1.165, 1.54) is 41.3 Å². The fourth-order valence-electron chi connectivity index (χ4n) is 4.01. The molecule has 1 aliphatic heterocycles. The molecule has 9 heteroatoms. The van der Waals surface area contributed by atoms with Crippen molar-refractivity contribution in [1.29, 1.82) is 10.5 Å². The van der Waals surface area contributed by atoms with Crippen LogP contribution in [0.25, 0.3) is 0 Å². The average molecular weight is 487 g/mol. The van der Waals surface area contributed by atoms with Gasteiger partial charge in [0.15, 0.2) is 0 Å². The largest absolute Gasteiger partial charge is 0.327 e. The van der Waals surface area contributed by atoms with E-state index in [1.807, 2.05) is 6.07 Å². The van der Waals surface area contributed by atoms with Crippen LogP contribution in [0.2, 0.25) is 0 Å². The zero-order valence-corrected chi connectivity index (χ0v) is 19.4. The summed E-state index contributed by atoms with van der Waals surface area (Å²) in [6, 6.07) is 20.5. The summed E-state index contributed by atoms with van der Waals surface area (Å²) >= 11 is 0. The number of hydrogen-bond acceptors (Lipinski definition) is 5. The molecule has 0 saturated carbocycles. The molecule has 1 heterocycles. The minimum absolute atomic E-state index is 0.0161. The summed E-state index contributed by atoms with van der Waals surface area (Å²) in [6.45, 7) is 0.854. The van der Waals surface area contributed by atoms with Gasteiger partial charge in [-0.25, -0.2) is 17.6 Å². The van der Waals surface area contributed by atoms with Crippen molar-refractivity contribution in [3.8, 4) is 12.1 Å². The number of nitrogens with one attached hydrogen (secondary N) is 1. The Bertz CT molecular complexity index is 1540. The summed E-state index contributed by atoms with van der Waals surface area (Å²) in [5.41, 5.74) is 1.42. The molecule has 3 aromatic carbocycles. The van der Waals surface area contributed by atoms with Gasteiger partial charge in [-0.1, -0.05) is 36.4 Å². The molecule has 0 saturated heterocycles. The van der Waals surface area contributed by atoms with Gasteiger partial charge in [0.1, 0.15) is 6.67 Å². The predicted octanol–water partition coefficient (Wildman–Crippen LogP) is 4.93. The second kappa shape index (κ2) is 9.41. The van der Waals surface area contributed by atoms with Gasteiger partial charge in [0.25, 0.3) is 0 Å². The molecular weight excluding hydrogens is 467 g/mol. The molecule has 1 unspecified atom stereocenters. The Hall–Kier alpha value is -4.47. The van der Waals surface area contributed by atoms with Gasteiger partial charge in [-0.2, -0.15) is 10.5 Å². The predicted molar refractivity (Wildman–Crippen MR) is 126 cm³/mol. The summed E-state index contributed by atoms with van der Waals surface area (Å²) in [5.74, 6) is 0. The van der Waals surface area contributed by atoms with Crippen LogP contribution in [0.4, 0.5) is 14.9 Å². The molecule has 1 N–H and O–H groups in total. The van der Waals surface area contributed by atoms with E-state index in [4.69, 9.17) is 0 Å². The van der Waals surface area contributed by atoms with E-state index < -0.39 is 28.6 Å². The standard InChI is InChI=1S/C26H19FN4O3S/c1-17-23(16-29)25(30-26(32)31(17)20-7-5-6-18(12-20)14-27)22-11-10-19(15-28)13-24(22)35(33,34)21-8-3-2-4-9-21/h2-13,25H,14H2,1H3,(H,30,32). The summed E-state index contributed by atoms with van der Waals surface area (Å²) < 4.78 is 40.2. The first kappa shape index (κ1) is 23.7. The molecule has 0 aliphatic carbocycles. The van der Waals surface area contributed by atoms with E-state index in [1.54, 1.807) is 43.3 Å². The molecule has 4 rings (SSSR count). The number of allylic oxidation sites excluding steroid dienone is 1. The first-order valence-electron chi connectivity index (χ1n) is 10.5. The maximum atomic E-state index is 13.5. The number of halogens is 1. The topological polar surface area (TPSA) is 114 Å². The van der Waals surface area contributed by atoms with Crippen LogP contribution in [-0.4, -0.2) is 14.4 Å². The number of nitriles is 2. The Morgan fingerprint density at radius 3 is 2.40 bits per heavy atom. The fraction of sp³-hybridized carbons (Fsp3) is 0.115. The van der Waals surface area contributed by atoms with Crippen LogP contribution in [0.5, 0.6) is 0 Å². The number of rotatable bonds is 5. The molecule has 0 aromatic heterocycles. The van der Waals surface area contributed by atoms with E-state index in [2.05, 4.69) is 11.4 Å². The second-order valence-electron chi connectivity index (χ2n) is 7.81. The van der Waals surface area contributed by atoms with Crippen LogP contribution < -0.4 is 10.2 Å². The van der Waals surface area contributed by atoms with Crippen molar-refractivity contribution in [2.45, 2.75) is 29.4 Å². The molecule has 1 aliphatic rings. The van der Waals surface area contributed by atoms with Crippen LogP contribution in [0, 0.1) is 22.7 Å². The van der Waals surface area contributed by atoms with E-state index in [9.17, 15) is 28.1 Å². The Labute approximate surface area is 202 Å².